The molecule has 0 aliphatic carbocycles. The molecule has 0 aliphatic heterocycles. The fourth-order valence-corrected chi connectivity index (χ4v) is 1.17. The van der Waals surface area contributed by atoms with E-state index in [1.54, 1.807) is 18.2 Å². The maximum Gasteiger partial charge on any atom is 0.123 e. The first kappa shape index (κ1) is 9.16. The molecule has 0 spiro atoms. The Morgan fingerprint density at radius 2 is 2.17 bits per heavy atom. The van der Waals surface area contributed by atoms with Gasteiger partial charge in [-0.2, -0.15) is 0 Å². The van der Waals surface area contributed by atoms with Crippen LogP contribution in [0.25, 0.3) is 0 Å². The van der Waals surface area contributed by atoms with Crippen LogP contribution in [0.2, 0.25) is 0 Å². The lowest BCUT2D eigenvalue weighted by atomic mass is 10.0. The molecule has 0 heterocycles. The zero-order chi connectivity index (χ0) is 8.97. The Morgan fingerprint density at radius 1 is 1.50 bits per heavy atom. The van der Waals surface area contributed by atoms with E-state index in [-0.39, 0.29) is 6.54 Å². The zero-order valence-corrected chi connectivity index (χ0v) is 6.92. The fraction of sp³-hybridized carbons (Fsp3) is 0.333. The number of rotatable bonds is 3. The van der Waals surface area contributed by atoms with E-state index in [1.807, 2.05) is 11.5 Å². The van der Waals surface area contributed by atoms with E-state index < -0.39 is 6.17 Å². The first-order chi connectivity index (χ1) is 5.75. The zero-order valence-electron chi connectivity index (χ0n) is 6.92. The van der Waals surface area contributed by atoms with Gasteiger partial charge in [-0.3, -0.25) is 0 Å². The van der Waals surface area contributed by atoms with Crippen LogP contribution in [0.4, 0.5) is 4.39 Å². The Kier molecular flexibility index (Phi) is 3.19. The molecule has 0 aliphatic rings. The van der Waals surface area contributed by atoms with E-state index >= 15 is 0 Å². The molecule has 0 fully saturated rings. The van der Waals surface area contributed by atoms with Gasteiger partial charge in [0.2, 0.25) is 0 Å². The summed E-state index contributed by atoms with van der Waals surface area (Å²) in [5.41, 5.74) is 3.42. The molecule has 0 amide bonds. The molecule has 0 aromatic heterocycles. The normalized spacial score (nSPS) is 12.9. The van der Waals surface area contributed by atoms with E-state index in [0.29, 0.717) is 5.56 Å². The van der Waals surface area contributed by atoms with Crippen LogP contribution in [0.3, 0.4) is 0 Å². The molecule has 0 radical (unpaired) electrons. The predicted molar refractivity (Wildman–Crippen MR) is 44.6 cm³/mol. The Bertz CT molecular complexity index is 250. The van der Waals surface area contributed by atoms with E-state index in [1.165, 1.54) is 6.92 Å². The summed E-state index contributed by atoms with van der Waals surface area (Å²) in [7, 11) is 0. The molecule has 0 bridgehead atoms. The molecule has 3 heteroatoms. The third-order valence-corrected chi connectivity index (χ3v) is 1.75. The minimum absolute atomic E-state index is 0.282. The SMILES string of the molecule is CC(F)c1ccccc1CNO. The lowest BCUT2D eigenvalue weighted by Crippen LogP contribution is -2.08. The summed E-state index contributed by atoms with van der Waals surface area (Å²) in [5, 5.41) is 8.45. The lowest BCUT2D eigenvalue weighted by Gasteiger charge is -2.08. The number of hydrogen-bond donors (Lipinski definition) is 2. The standard InChI is InChI=1S/C9H12FNO/c1-7(10)9-5-3-2-4-8(9)6-11-12/h2-5,7,11-12H,6H2,1H3. The van der Waals surface area contributed by atoms with Crippen LogP contribution in [-0.2, 0) is 6.54 Å². The van der Waals surface area contributed by atoms with E-state index in [0.717, 1.165) is 5.56 Å². The van der Waals surface area contributed by atoms with Crippen molar-refractivity contribution >= 4 is 0 Å². The number of hydroxylamine groups is 1. The first-order valence-electron chi connectivity index (χ1n) is 3.84. The highest BCUT2D eigenvalue weighted by atomic mass is 19.1. The monoisotopic (exact) mass is 169 g/mol. The molecule has 1 aromatic carbocycles. The van der Waals surface area contributed by atoms with E-state index in [2.05, 4.69) is 0 Å². The second kappa shape index (κ2) is 4.18. The summed E-state index contributed by atoms with van der Waals surface area (Å²) < 4.78 is 12.9. The van der Waals surface area contributed by atoms with Gasteiger partial charge in [0.05, 0.1) is 0 Å². The molecular formula is C9H12FNO. The molecule has 2 nitrogen and oxygen atoms in total. The van der Waals surface area contributed by atoms with Crippen LogP contribution < -0.4 is 5.48 Å². The van der Waals surface area contributed by atoms with Crippen molar-refractivity contribution in [3.8, 4) is 0 Å². The van der Waals surface area contributed by atoms with Crippen molar-refractivity contribution in [2.24, 2.45) is 0 Å². The summed E-state index contributed by atoms with van der Waals surface area (Å²) in [6, 6.07) is 7.11. The van der Waals surface area contributed by atoms with Gasteiger partial charge in [-0.15, -0.1) is 0 Å². The highest BCUT2D eigenvalue weighted by molar-refractivity contribution is 5.28. The highest BCUT2D eigenvalue weighted by Crippen LogP contribution is 2.20. The number of benzene rings is 1. The summed E-state index contributed by atoms with van der Waals surface area (Å²) in [5.74, 6) is 0. The molecule has 0 saturated carbocycles. The highest BCUT2D eigenvalue weighted by Gasteiger charge is 2.06. The second-order valence-electron chi connectivity index (χ2n) is 2.65. The molecule has 66 valence electrons. The summed E-state index contributed by atoms with van der Waals surface area (Å²) in [6.07, 6.45) is -0.991. The third kappa shape index (κ3) is 2.03. The van der Waals surface area contributed by atoms with Gasteiger partial charge in [0, 0.05) is 6.54 Å². The lowest BCUT2D eigenvalue weighted by molar-refractivity contribution is 0.160. The van der Waals surface area contributed by atoms with Gasteiger partial charge in [0.15, 0.2) is 0 Å². The Balaban J connectivity index is 2.92. The van der Waals surface area contributed by atoms with Crippen molar-refractivity contribution in [2.75, 3.05) is 0 Å². The van der Waals surface area contributed by atoms with Gasteiger partial charge < -0.3 is 5.21 Å². The second-order valence-corrected chi connectivity index (χ2v) is 2.65. The van der Waals surface area contributed by atoms with Crippen LogP contribution in [0.5, 0.6) is 0 Å². The largest absolute Gasteiger partial charge is 0.316 e. The van der Waals surface area contributed by atoms with Crippen LogP contribution in [-0.4, -0.2) is 5.21 Å². The van der Waals surface area contributed by atoms with Crippen molar-refractivity contribution in [3.05, 3.63) is 35.4 Å². The van der Waals surface area contributed by atoms with Gasteiger partial charge in [-0.1, -0.05) is 24.3 Å². The molecule has 2 N–H and O–H groups in total. The molecule has 1 aromatic rings. The Labute approximate surface area is 71.0 Å². The molecular weight excluding hydrogens is 157 g/mol. The Hall–Kier alpha value is -0.930. The summed E-state index contributed by atoms with van der Waals surface area (Å²) in [4.78, 5) is 0. The predicted octanol–water partition coefficient (Wildman–Crippen LogP) is 2.20. The smallest absolute Gasteiger partial charge is 0.123 e. The molecule has 12 heavy (non-hydrogen) atoms. The number of nitrogens with one attached hydrogen (secondary N) is 1. The number of hydrogen-bond acceptors (Lipinski definition) is 2. The minimum Gasteiger partial charge on any atom is -0.316 e. The Morgan fingerprint density at radius 3 is 2.75 bits per heavy atom. The maximum absolute atomic E-state index is 12.9. The van der Waals surface area contributed by atoms with Gasteiger partial charge in [0.25, 0.3) is 0 Å². The number of alkyl halides is 1. The minimum atomic E-state index is -0.991. The maximum atomic E-state index is 12.9. The molecule has 0 saturated heterocycles. The average molecular weight is 169 g/mol. The van der Waals surface area contributed by atoms with Crippen molar-refractivity contribution < 1.29 is 9.60 Å². The van der Waals surface area contributed by atoms with Crippen LogP contribution in [0.15, 0.2) is 24.3 Å². The third-order valence-electron chi connectivity index (χ3n) is 1.75. The van der Waals surface area contributed by atoms with Gasteiger partial charge in [-0.25, -0.2) is 9.87 Å². The van der Waals surface area contributed by atoms with E-state index in [4.69, 9.17) is 5.21 Å². The van der Waals surface area contributed by atoms with Crippen molar-refractivity contribution in [2.45, 2.75) is 19.6 Å². The summed E-state index contributed by atoms with van der Waals surface area (Å²) in [6.45, 7) is 1.76. The average Bonchev–Trinajstić information content (AvgIpc) is 2.05. The van der Waals surface area contributed by atoms with Crippen LogP contribution in [0, 0.1) is 0 Å². The van der Waals surface area contributed by atoms with E-state index in [9.17, 15) is 4.39 Å². The summed E-state index contributed by atoms with van der Waals surface area (Å²) >= 11 is 0. The van der Waals surface area contributed by atoms with Crippen LogP contribution in [0.1, 0.15) is 24.2 Å². The van der Waals surface area contributed by atoms with Crippen molar-refractivity contribution in [3.63, 3.8) is 0 Å². The fourth-order valence-electron chi connectivity index (χ4n) is 1.17. The van der Waals surface area contributed by atoms with Gasteiger partial charge in [-0.05, 0) is 18.1 Å². The molecule has 1 atom stereocenters. The molecule has 1 rings (SSSR count). The van der Waals surface area contributed by atoms with Crippen LogP contribution >= 0.6 is 0 Å². The first-order valence-corrected chi connectivity index (χ1v) is 3.84. The van der Waals surface area contributed by atoms with Crippen molar-refractivity contribution in [1.82, 2.24) is 5.48 Å². The van der Waals surface area contributed by atoms with Crippen molar-refractivity contribution in [1.29, 1.82) is 0 Å². The van der Waals surface area contributed by atoms with Gasteiger partial charge in [0.1, 0.15) is 6.17 Å². The topological polar surface area (TPSA) is 32.3 Å². The molecule has 1 unspecified atom stereocenters. The number of halogens is 1. The van der Waals surface area contributed by atoms with Gasteiger partial charge >= 0.3 is 0 Å². The quantitative estimate of drug-likeness (QED) is 0.680.